The Morgan fingerprint density at radius 2 is 1.94 bits per heavy atom. The second-order valence-corrected chi connectivity index (χ2v) is 3.02. The lowest BCUT2D eigenvalue weighted by atomic mass is 10.3. The molecule has 0 aliphatic rings. The molecular formula is C10H7N3O3. The number of nitro groups is 1. The molecule has 6 nitrogen and oxygen atoms in total. The van der Waals surface area contributed by atoms with Crippen LogP contribution >= 0.6 is 0 Å². The lowest BCUT2D eigenvalue weighted by Gasteiger charge is -2.03. The lowest BCUT2D eigenvalue weighted by Crippen LogP contribution is -2.20. The Hall–Kier alpha value is -2.50. The Balaban J connectivity index is 2.70. The maximum atomic E-state index is 11.5. The highest BCUT2D eigenvalue weighted by Crippen LogP contribution is 2.19. The molecule has 0 atom stereocenters. The van der Waals surface area contributed by atoms with Gasteiger partial charge in [-0.25, -0.2) is 0 Å². The van der Waals surface area contributed by atoms with Crippen molar-refractivity contribution in [3.8, 4) is 5.69 Å². The van der Waals surface area contributed by atoms with Gasteiger partial charge in [-0.15, -0.1) is 0 Å². The normalized spacial score (nSPS) is 10.0. The maximum absolute atomic E-state index is 11.5. The van der Waals surface area contributed by atoms with Gasteiger partial charge in [-0.3, -0.25) is 14.9 Å². The third-order valence-corrected chi connectivity index (χ3v) is 2.02. The standard InChI is InChI=1S/C10H7N3O3/c14-10-6-3-7-11-12(10)8-4-1-2-5-9(8)13(15)16/h1-7H. The molecule has 2 aromatic rings. The Morgan fingerprint density at radius 1 is 1.19 bits per heavy atom. The van der Waals surface area contributed by atoms with E-state index in [9.17, 15) is 14.9 Å². The highest BCUT2D eigenvalue weighted by atomic mass is 16.6. The van der Waals surface area contributed by atoms with Crippen molar-refractivity contribution < 1.29 is 4.92 Å². The molecule has 0 saturated carbocycles. The van der Waals surface area contributed by atoms with Crippen molar-refractivity contribution >= 4 is 5.69 Å². The van der Waals surface area contributed by atoms with Gasteiger partial charge in [0.05, 0.1) is 4.92 Å². The zero-order valence-corrected chi connectivity index (χ0v) is 8.11. The summed E-state index contributed by atoms with van der Waals surface area (Å²) in [7, 11) is 0. The second kappa shape index (κ2) is 3.93. The van der Waals surface area contributed by atoms with E-state index in [0.717, 1.165) is 4.68 Å². The van der Waals surface area contributed by atoms with Gasteiger partial charge in [-0.1, -0.05) is 12.1 Å². The molecule has 0 amide bonds. The van der Waals surface area contributed by atoms with E-state index in [1.54, 1.807) is 6.07 Å². The van der Waals surface area contributed by atoms with E-state index in [4.69, 9.17) is 0 Å². The zero-order valence-electron chi connectivity index (χ0n) is 8.11. The minimum Gasteiger partial charge on any atom is -0.267 e. The summed E-state index contributed by atoms with van der Waals surface area (Å²) >= 11 is 0. The summed E-state index contributed by atoms with van der Waals surface area (Å²) in [5.74, 6) is 0. The van der Waals surface area contributed by atoms with E-state index in [1.807, 2.05) is 0 Å². The zero-order chi connectivity index (χ0) is 11.5. The number of hydrogen-bond donors (Lipinski definition) is 0. The molecule has 0 aliphatic carbocycles. The summed E-state index contributed by atoms with van der Waals surface area (Å²) in [5, 5.41) is 14.6. The van der Waals surface area contributed by atoms with Crippen LogP contribution in [0.2, 0.25) is 0 Å². The molecule has 2 rings (SSSR count). The van der Waals surface area contributed by atoms with Crippen LogP contribution in [0.3, 0.4) is 0 Å². The van der Waals surface area contributed by atoms with E-state index in [2.05, 4.69) is 5.10 Å². The SMILES string of the molecule is O=c1cccnn1-c1ccccc1[N+](=O)[O-]. The topological polar surface area (TPSA) is 78.0 Å². The van der Waals surface area contributed by atoms with Crippen LogP contribution in [-0.2, 0) is 0 Å². The highest BCUT2D eigenvalue weighted by molar-refractivity contribution is 5.51. The number of nitrogens with zero attached hydrogens (tertiary/aromatic N) is 3. The first-order valence-electron chi connectivity index (χ1n) is 4.48. The van der Waals surface area contributed by atoms with Crippen LogP contribution in [0.5, 0.6) is 0 Å². The van der Waals surface area contributed by atoms with Crippen molar-refractivity contribution in [2.75, 3.05) is 0 Å². The fourth-order valence-electron chi connectivity index (χ4n) is 1.34. The Bertz CT molecular complexity index is 592. The van der Waals surface area contributed by atoms with Gasteiger partial charge in [-0.05, 0) is 12.1 Å². The Morgan fingerprint density at radius 3 is 2.62 bits per heavy atom. The fraction of sp³-hybridized carbons (Fsp3) is 0. The first-order valence-corrected chi connectivity index (χ1v) is 4.48. The van der Waals surface area contributed by atoms with Crippen LogP contribution in [0.15, 0.2) is 47.4 Å². The third kappa shape index (κ3) is 1.68. The van der Waals surface area contributed by atoms with E-state index in [1.165, 1.54) is 36.5 Å². The summed E-state index contributed by atoms with van der Waals surface area (Å²) in [6, 6.07) is 8.74. The summed E-state index contributed by atoms with van der Waals surface area (Å²) in [5.41, 5.74) is -0.391. The Kier molecular flexibility index (Phi) is 2.47. The molecule has 6 heteroatoms. The van der Waals surface area contributed by atoms with Crippen LogP contribution < -0.4 is 5.56 Å². The van der Waals surface area contributed by atoms with Crippen molar-refractivity contribution in [3.05, 3.63) is 63.1 Å². The molecule has 0 unspecified atom stereocenters. The van der Waals surface area contributed by atoms with Crippen molar-refractivity contribution in [3.63, 3.8) is 0 Å². The molecule has 1 heterocycles. The average molecular weight is 217 g/mol. The first-order chi connectivity index (χ1) is 7.70. The highest BCUT2D eigenvalue weighted by Gasteiger charge is 2.15. The van der Waals surface area contributed by atoms with Crippen LogP contribution in [0.4, 0.5) is 5.69 Å². The Labute approximate surface area is 89.9 Å². The van der Waals surface area contributed by atoms with Crippen molar-refractivity contribution in [1.29, 1.82) is 0 Å². The van der Waals surface area contributed by atoms with Crippen LogP contribution in [0.1, 0.15) is 0 Å². The minimum absolute atomic E-state index is 0.150. The second-order valence-electron chi connectivity index (χ2n) is 3.02. The van der Waals surface area contributed by atoms with Gasteiger partial charge in [-0.2, -0.15) is 9.78 Å². The van der Waals surface area contributed by atoms with Crippen LogP contribution in [-0.4, -0.2) is 14.7 Å². The number of aromatic nitrogens is 2. The summed E-state index contributed by atoms with van der Waals surface area (Å²) < 4.78 is 0.998. The molecule has 0 spiro atoms. The molecule has 0 bridgehead atoms. The van der Waals surface area contributed by atoms with Gasteiger partial charge in [0.2, 0.25) is 0 Å². The molecular weight excluding hydrogens is 210 g/mol. The number of rotatable bonds is 2. The summed E-state index contributed by atoms with van der Waals surface area (Å²) in [6.45, 7) is 0. The molecule has 0 saturated heterocycles. The fourth-order valence-corrected chi connectivity index (χ4v) is 1.34. The minimum atomic E-state index is -0.545. The molecule has 0 aliphatic heterocycles. The first kappa shape index (κ1) is 10.0. The predicted octanol–water partition coefficient (Wildman–Crippen LogP) is 1.14. The quantitative estimate of drug-likeness (QED) is 0.558. The number of benzene rings is 1. The van der Waals surface area contributed by atoms with Gasteiger partial charge < -0.3 is 0 Å². The van der Waals surface area contributed by atoms with E-state index >= 15 is 0 Å². The smallest absolute Gasteiger partial charge is 0.267 e. The van der Waals surface area contributed by atoms with E-state index in [-0.39, 0.29) is 11.4 Å². The number of hydrogen-bond acceptors (Lipinski definition) is 4. The third-order valence-electron chi connectivity index (χ3n) is 2.02. The average Bonchev–Trinajstić information content (AvgIpc) is 2.29. The molecule has 1 aromatic carbocycles. The molecule has 0 N–H and O–H groups in total. The largest absolute Gasteiger partial charge is 0.295 e. The molecule has 1 aromatic heterocycles. The maximum Gasteiger partial charge on any atom is 0.295 e. The van der Waals surface area contributed by atoms with Gasteiger partial charge in [0, 0.05) is 18.3 Å². The van der Waals surface area contributed by atoms with E-state index in [0.29, 0.717) is 0 Å². The van der Waals surface area contributed by atoms with E-state index < -0.39 is 10.5 Å². The number of para-hydroxylation sites is 2. The predicted molar refractivity (Wildman–Crippen MR) is 56.5 cm³/mol. The van der Waals surface area contributed by atoms with Gasteiger partial charge >= 0.3 is 0 Å². The van der Waals surface area contributed by atoms with Crippen molar-refractivity contribution in [2.24, 2.45) is 0 Å². The lowest BCUT2D eigenvalue weighted by molar-refractivity contribution is -0.384. The summed E-state index contributed by atoms with van der Waals surface area (Å²) in [6.07, 6.45) is 1.40. The van der Waals surface area contributed by atoms with Gasteiger partial charge in [0.15, 0.2) is 0 Å². The molecule has 0 radical (unpaired) electrons. The van der Waals surface area contributed by atoms with Crippen molar-refractivity contribution in [2.45, 2.75) is 0 Å². The van der Waals surface area contributed by atoms with Gasteiger partial charge in [0.1, 0.15) is 5.69 Å². The molecule has 16 heavy (non-hydrogen) atoms. The monoisotopic (exact) mass is 217 g/mol. The van der Waals surface area contributed by atoms with Crippen LogP contribution in [0.25, 0.3) is 5.69 Å². The molecule has 0 fully saturated rings. The van der Waals surface area contributed by atoms with Crippen molar-refractivity contribution in [1.82, 2.24) is 9.78 Å². The number of nitro benzene ring substituents is 1. The van der Waals surface area contributed by atoms with Gasteiger partial charge in [0.25, 0.3) is 11.2 Å². The summed E-state index contributed by atoms with van der Waals surface area (Å²) in [4.78, 5) is 21.7. The molecule has 80 valence electrons. The van der Waals surface area contributed by atoms with Crippen LogP contribution in [0, 0.1) is 10.1 Å².